The lowest BCUT2D eigenvalue weighted by atomic mass is 9.94. The summed E-state index contributed by atoms with van der Waals surface area (Å²) in [6, 6.07) is 10.7. The number of ether oxygens (including phenoxy) is 3. The van der Waals surface area contributed by atoms with Crippen molar-refractivity contribution in [3.63, 3.8) is 0 Å². The van der Waals surface area contributed by atoms with Crippen LogP contribution in [0.3, 0.4) is 0 Å². The molecular weight excluding hydrogens is 706 g/mol. The maximum atomic E-state index is 14.0. The molecule has 0 saturated heterocycles. The number of esters is 1. The van der Waals surface area contributed by atoms with Crippen LogP contribution < -0.4 is 14.8 Å². The number of hydrogen-bond acceptors (Lipinski definition) is 9. The predicted octanol–water partition coefficient (Wildman–Crippen LogP) is 7.80. The number of carbonyl (C=O) groups excluding carboxylic acids is 2. The topological polar surface area (TPSA) is 108 Å². The van der Waals surface area contributed by atoms with Gasteiger partial charge >= 0.3 is 5.97 Å². The summed E-state index contributed by atoms with van der Waals surface area (Å²) >= 11 is 11.5. The molecule has 2 heterocycles. The summed E-state index contributed by atoms with van der Waals surface area (Å²) in [5.74, 6) is 1.42. The maximum absolute atomic E-state index is 14.0. The average molecular weight is 747 g/mol. The number of fused-ring (bicyclic) bond motifs is 1. The van der Waals surface area contributed by atoms with Crippen LogP contribution in [0.1, 0.15) is 77.0 Å². The van der Waals surface area contributed by atoms with Gasteiger partial charge in [-0.25, -0.2) is 9.48 Å². The van der Waals surface area contributed by atoms with Crippen LogP contribution >= 0.6 is 39.3 Å². The molecule has 47 heavy (non-hydrogen) atoms. The molecule has 0 radical (unpaired) electrons. The van der Waals surface area contributed by atoms with Crippen LogP contribution in [-0.4, -0.2) is 63.9 Å². The van der Waals surface area contributed by atoms with Gasteiger partial charge in [-0.15, -0.1) is 5.10 Å². The molecule has 0 spiro atoms. The van der Waals surface area contributed by atoms with E-state index in [-0.39, 0.29) is 18.6 Å². The van der Waals surface area contributed by atoms with Crippen molar-refractivity contribution in [3.8, 4) is 11.5 Å². The second-order valence-electron chi connectivity index (χ2n) is 11.4. The van der Waals surface area contributed by atoms with E-state index in [1.807, 2.05) is 64.1 Å². The molecule has 1 N–H and O–H groups in total. The number of hydrogen-bond donors (Lipinski definition) is 1. The predicted molar refractivity (Wildman–Crippen MR) is 187 cm³/mol. The fourth-order valence-corrected chi connectivity index (χ4v) is 7.56. The van der Waals surface area contributed by atoms with E-state index < -0.39 is 12.0 Å². The summed E-state index contributed by atoms with van der Waals surface area (Å²) in [5, 5.41) is 9.39. The van der Waals surface area contributed by atoms with E-state index in [1.165, 1.54) is 11.8 Å². The van der Waals surface area contributed by atoms with Crippen molar-refractivity contribution in [1.82, 2.24) is 19.7 Å². The third kappa shape index (κ3) is 8.26. The molecule has 1 aromatic heterocycles. The quantitative estimate of drug-likeness (QED) is 0.139. The number of anilines is 1. The van der Waals surface area contributed by atoms with E-state index >= 15 is 0 Å². The number of allylic oxidation sites excluding steroid dienone is 1. The largest absolute Gasteiger partial charge is 0.490 e. The third-order valence-corrected chi connectivity index (χ3v) is 10.1. The number of thioether (sulfide) groups is 1. The van der Waals surface area contributed by atoms with Crippen LogP contribution in [0.25, 0.3) is 0 Å². The molecule has 5 rings (SSSR count). The molecule has 2 aromatic carbocycles. The Balaban J connectivity index is 1.52. The summed E-state index contributed by atoms with van der Waals surface area (Å²) in [6.07, 6.45) is 4.82. The zero-order valence-electron chi connectivity index (χ0n) is 27.2. The van der Waals surface area contributed by atoms with Gasteiger partial charge < -0.3 is 24.4 Å². The molecule has 1 atom stereocenters. The van der Waals surface area contributed by atoms with Crippen molar-refractivity contribution in [2.45, 2.75) is 82.9 Å². The van der Waals surface area contributed by atoms with E-state index in [0.717, 1.165) is 37.7 Å². The van der Waals surface area contributed by atoms with Crippen molar-refractivity contribution in [3.05, 3.63) is 68.3 Å². The number of aromatic nitrogens is 3. The lowest BCUT2D eigenvalue weighted by Gasteiger charge is -2.30. The van der Waals surface area contributed by atoms with Gasteiger partial charge in [0.2, 0.25) is 11.1 Å². The first-order chi connectivity index (χ1) is 22.7. The normalized spacial score (nSPS) is 16.3. The average Bonchev–Trinajstić information content (AvgIpc) is 3.46. The van der Waals surface area contributed by atoms with E-state index in [0.29, 0.717) is 74.4 Å². The van der Waals surface area contributed by atoms with Gasteiger partial charge in [0.1, 0.15) is 12.1 Å². The molecule has 13 heteroatoms. The minimum atomic E-state index is -0.675. The number of benzene rings is 2. The summed E-state index contributed by atoms with van der Waals surface area (Å²) in [4.78, 5) is 33.2. The van der Waals surface area contributed by atoms with Gasteiger partial charge in [0, 0.05) is 29.6 Å². The van der Waals surface area contributed by atoms with Crippen LogP contribution in [0, 0.1) is 0 Å². The van der Waals surface area contributed by atoms with Crippen molar-refractivity contribution < 1.29 is 23.8 Å². The molecule has 2 aliphatic rings. The first-order valence-corrected chi connectivity index (χ1v) is 18.3. The van der Waals surface area contributed by atoms with E-state index in [9.17, 15) is 9.59 Å². The minimum Gasteiger partial charge on any atom is -0.490 e. The molecular formula is C34H41BrClN5O5S. The van der Waals surface area contributed by atoms with Crippen molar-refractivity contribution in [2.24, 2.45) is 0 Å². The molecule has 10 nitrogen and oxygen atoms in total. The lowest BCUT2D eigenvalue weighted by molar-refractivity contribution is -0.146. The summed E-state index contributed by atoms with van der Waals surface area (Å²) < 4.78 is 20.5. The van der Waals surface area contributed by atoms with Gasteiger partial charge in [0.25, 0.3) is 5.91 Å². The SMILES string of the molecule is CCOc1cc(C2C(C(=O)OC3CCCCC3)=C(C)Nc3nc(SCc4ccccc4Cl)nn32)cc(Br)c1OCC(=O)N(CC)CC. The molecule has 1 unspecified atom stereocenters. The van der Waals surface area contributed by atoms with Gasteiger partial charge in [-0.05, 0) is 98.6 Å². The Kier molecular flexibility index (Phi) is 12.1. The molecule has 3 aromatic rings. The molecule has 1 aliphatic carbocycles. The fourth-order valence-electron chi connectivity index (χ4n) is 5.87. The highest BCUT2D eigenvalue weighted by molar-refractivity contribution is 9.10. The molecule has 1 saturated carbocycles. The standard InChI is InChI=1S/C34H41BrClN5O5S/c1-5-40(6-2)28(42)19-45-31-25(35)17-23(18-27(31)44-7-3)30-29(32(43)46-24-14-9-8-10-15-24)21(4)37-33-38-34(39-41(30)33)47-20-22-13-11-12-16-26(22)36/h11-13,16-18,24,30H,5-10,14-15,19-20H2,1-4H3,(H,37,38,39). The summed E-state index contributed by atoms with van der Waals surface area (Å²) in [5.41, 5.74) is 2.77. The second-order valence-corrected chi connectivity index (χ2v) is 13.6. The van der Waals surface area contributed by atoms with Crippen LogP contribution in [-0.2, 0) is 20.1 Å². The number of nitrogens with one attached hydrogen (secondary N) is 1. The Hall–Kier alpha value is -3.22. The van der Waals surface area contributed by atoms with Gasteiger partial charge in [-0.1, -0.05) is 48.0 Å². The van der Waals surface area contributed by atoms with E-state index in [2.05, 4.69) is 21.2 Å². The second kappa shape index (κ2) is 16.3. The van der Waals surface area contributed by atoms with Gasteiger partial charge in [0.15, 0.2) is 18.1 Å². The van der Waals surface area contributed by atoms with Crippen molar-refractivity contribution in [2.75, 3.05) is 31.6 Å². The molecule has 1 amide bonds. The molecule has 1 aliphatic heterocycles. The monoisotopic (exact) mass is 745 g/mol. The van der Waals surface area contributed by atoms with E-state index in [4.69, 9.17) is 35.9 Å². The van der Waals surface area contributed by atoms with Crippen LogP contribution in [0.2, 0.25) is 5.02 Å². The lowest BCUT2D eigenvalue weighted by Crippen LogP contribution is -2.34. The highest BCUT2D eigenvalue weighted by Gasteiger charge is 2.37. The number of nitrogens with zero attached hydrogens (tertiary/aromatic N) is 4. The Morgan fingerprint density at radius 3 is 2.55 bits per heavy atom. The highest BCUT2D eigenvalue weighted by Crippen LogP contribution is 2.44. The van der Waals surface area contributed by atoms with E-state index in [1.54, 1.807) is 9.58 Å². The van der Waals surface area contributed by atoms with Crippen LogP contribution in [0.5, 0.6) is 11.5 Å². The summed E-state index contributed by atoms with van der Waals surface area (Å²) in [6.45, 7) is 9.02. The van der Waals surface area contributed by atoms with Gasteiger partial charge in [0.05, 0.1) is 16.7 Å². The molecule has 1 fully saturated rings. The number of carbonyl (C=O) groups is 2. The number of halogens is 2. The Morgan fingerprint density at radius 2 is 1.85 bits per heavy atom. The maximum Gasteiger partial charge on any atom is 0.338 e. The first kappa shape index (κ1) is 35.1. The molecule has 0 bridgehead atoms. The minimum absolute atomic E-state index is 0.118. The highest BCUT2D eigenvalue weighted by atomic mass is 79.9. The van der Waals surface area contributed by atoms with Crippen LogP contribution in [0.4, 0.5) is 5.95 Å². The van der Waals surface area contributed by atoms with Crippen LogP contribution in [0.15, 0.2) is 57.3 Å². The molecule has 252 valence electrons. The van der Waals surface area contributed by atoms with Gasteiger partial charge in [-0.2, -0.15) is 4.98 Å². The number of likely N-dealkylation sites (N-methyl/N-ethyl adjacent to an activating group) is 1. The Labute approximate surface area is 293 Å². The summed E-state index contributed by atoms with van der Waals surface area (Å²) in [7, 11) is 0. The zero-order chi connectivity index (χ0) is 33.5. The Bertz CT molecular complexity index is 1620. The van der Waals surface area contributed by atoms with Crippen molar-refractivity contribution in [1.29, 1.82) is 0 Å². The zero-order valence-corrected chi connectivity index (χ0v) is 30.3. The number of amides is 1. The number of rotatable bonds is 13. The Morgan fingerprint density at radius 1 is 1.11 bits per heavy atom. The fraction of sp³-hybridized carbons (Fsp3) is 0.471. The van der Waals surface area contributed by atoms with Gasteiger partial charge in [-0.3, -0.25) is 4.79 Å². The first-order valence-electron chi connectivity index (χ1n) is 16.1. The smallest absolute Gasteiger partial charge is 0.338 e. The third-order valence-electron chi connectivity index (χ3n) is 8.30. The van der Waals surface area contributed by atoms with Crippen molar-refractivity contribution >= 4 is 57.1 Å².